The van der Waals surface area contributed by atoms with E-state index in [0.717, 1.165) is 5.56 Å². The molecule has 1 N–H and O–H groups in total. The van der Waals surface area contributed by atoms with Gasteiger partial charge in [0.1, 0.15) is 17.3 Å². The molecule has 1 heterocycles. The van der Waals surface area contributed by atoms with E-state index >= 15 is 0 Å². The number of carbonyl (C=O) groups excluding carboxylic acids is 2. The highest BCUT2D eigenvalue weighted by molar-refractivity contribution is 6.35. The largest absolute Gasteiger partial charge is 0.482 e. The normalized spacial score (nSPS) is 12.7. The average Bonchev–Trinajstić information content (AvgIpc) is 2.76. The molecular weight excluding hydrogens is 458 g/mol. The van der Waals surface area contributed by atoms with Gasteiger partial charge in [-0.05, 0) is 48.0 Å². The second-order valence-corrected chi connectivity index (χ2v) is 7.83. The molecule has 0 spiro atoms. The molecular formula is C23H17Cl2FN2O4. The Hall–Kier alpha value is -3.29. The smallest absolute Gasteiger partial charge is 0.265 e. The topological polar surface area (TPSA) is 67.9 Å². The number of fused-ring (bicyclic) bond motifs is 1. The molecule has 0 saturated heterocycles. The minimum atomic E-state index is -0.397. The number of hydrogen-bond donors (Lipinski definition) is 1. The van der Waals surface area contributed by atoms with E-state index in [2.05, 4.69) is 5.32 Å². The zero-order chi connectivity index (χ0) is 22.7. The standard InChI is InChI=1S/C23H17Cl2FN2O4/c24-15-3-8-20(18(25)9-15)31-12-22(29)27-17-6-7-19-21(10-17)32-13-23(30)28(19)11-14-1-4-16(26)5-2-14/h1-10H,11-13H2,(H,27,29). The Kier molecular flexibility index (Phi) is 6.48. The van der Waals surface area contributed by atoms with Gasteiger partial charge in [-0.3, -0.25) is 9.59 Å². The van der Waals surface area contributed by atoms with Crippen LogP contribution >= 0.6 is 23.2 Å². The van der Waals surface area contributed by atoms with Crippen LogP contribution in [0.25, 0.3) is 0 Å². The fourth-order valence-electron chi connectivity index (χ4n) is 3.16. The Morgan fingerprint density at radius 3 is 2.62 bits per heavy atom. The van der Waals surface area contributed by atoms with Crippen molar-refractivity contribution in [3.63, 3.8) is 0 Å². The first kappa shape index (κ1) is 21.9. The predicted molar refractivity (Wildman–Crippen MR) is 120 cm³/mol. The Balaban J connectivity index is 1.43. The highest BCUT2D eigenvalue weighted by Crippen LogP contribution is 2.35. The van der Waals surface area contributed by atoms with Gasteiger partial charge in [-0.1, -0.05) is 35.3 Å². The van der Waals surface area contributed by atoms with Crippen molar-refractivity contribution in [2.45, 2.75) is 6.54 Å². The van der Waals surface area contributed by atoms with E-state index in [4.69, 9.17) is 32.7 Å². The number of benzene rings is 3. The maximum atomic E-state index is 13.2. The molecule has 4 rings (SSSR count). The molecule has 3 aromatic rings. The summed E-state index contributed by atoms with van der Waals surface area (Å²) in [5.74, 6) is -0.163. The maximum Gasteiger partial charge on any atom is 0.265 e. The Morgan fingerprint density at radius 1 is 1.09 bits per heavy atom. The third kappa shape index (κ3) is 5.12. The zero-order valence-electron chi connectivity index (χ0n) is 16.6. The monoisotopic (exact) mass is 474 g/mol. The summed E-state index contributed by atoms with van der Waals surface area (Å²) in [5.41, 5.74) is 1.83. The quantitative estimate of drug-likeness (QED) is 0.541. The minimum Gasteiger partial charge on any atom is -0.482 e. The van der Waals surface area contributed by atoms with Gasteiger partial charge in [-0.15, -0.1) is 0 Å². The van der Waals surface area contributed by atoms with Crippen LogP contribution in [0.5, 0.6) is 11.5 Å². The van der Waals surface area contributed by atoms with Gasteiger partial charge in [0.05, 0.1) is 17.3 Å². The first-order valence-corrected chi connectivity index (χ1v) is 10.3. The van der Waals surface area contributed by atoms with Crippen molar-refractivity contribution in [3.8, 4) is 11.5 Å². The van der Waals surface area contributed by atoms with Crippen LogP contribution in [0.1, 0.15) is 5.56 Å². The third-order valence-electron chi connectivity index (χ3n) is 4.69. The van der Waals surface area contributed by atoms with E-state index in [-0.39, 0.29) is 31.5 Å². The summed E-state index contributed by atoms with van der Waals surface area (Å²) in [4.78, 5) is 26.2. The zero-order valence-corrected chi connectivity index (χ0v) is 18.1. The number of halogens is 3. The number of anilines is 2. The second-order valence-electron chi connectivity index (χ2n) is 6.99. The number of nitrogens with one attached hydrogen (secondary N) is 1. The van der Waals surface area contributed by atoms with Gasteiger partial charge in [-0.25, -0.2) is 4.39 Å². The summed E-state index contributed by atoms with van der Waals surface area (Å²) < 4.78 is 24.1. The molecule has 9 heteroatoms. The van der Waals surface area contributed by atoms with E-state index in [1.54, 1.807) is 47.4 Å². The van der Waals surface area contributed by atoms with Crippen molar-refractivity contribution in [1.82, 2.24) is 0 Å². The molecule has 32 heavy (non-hydrogen) atoms. The molecule has 164 valence electrons. The first-order valence-electron chi connectivity index (χ1n) is 9.58. The van der Waals surface area contributed by atoms with Crippen molar-refractivity contribution in [2.24, 2.45) is 0 Å². The summed E-state index contributed by atoms with van der Waals surface area (Å²) in [6, 6.07) is 15.6. The molecule has 0 fully saturated rings. The summed E-state index contributed by atoms with van der Waals surface area (Å²) in [7, 11) is 0. The number of nitrogens with zero attached hydrogens (tertiary/aromatic N) is 1. The van der Waals surface area contributed by atoms with E-state index in [1.807, 2.05) is 0 Å². The molecule has 1 aliphatic heterocycles. The van der Waals surface area contributed by atoms with Crippen LogP contribution in [0.15, 0.2) is 60.7 Å². The Morgan fingerprint density at radius 2 is 1.88 bits per heavy atom. The van der Waals surface area contributed by atoms with Gasteiger partial charge in [-0.2, -0.15) is 0 Å². The van der Waals surface area contributed by atoms with Gasteiger partial charge in [0, 0.05) is 16.8 Å². The molecule has 0 aromatic heterocycles. The van der Waals surface area contributed by atoms with Crippen LogP contribution in [0.4, 0.5) is 15.8 Å². The maximum absolute atomic E-state index is 13.2. The van der Waals surface area contributed by atoms with E-state index < -0.39 is 5.91 Å². The minimum absolute atomic E-state index is 0.135. The third-order valence-corrected chi connectivity index (χ3v) is 5.22. The van der Waals surface area contributed by atoms with E-state index in [9.17, 15) is 14.0 Å². The lowest BCUT2D eigenvalue weighted by atomic mass is 10.1. The van der Waals surface area contributed by atoms with Crippen LogP contribution in [-0.4, -0.2) is 25.0 Å². The van der Waals surface area contributed by atoms with Gasteiger partial charge in [0.2, 0.25) is 0 Å². The number of amides is 2. The summed E-state index contributed by atoms with van der Waals surface area (Å²) in [6.07, 6.45) is 0. The predicted octanol–water partition coefficient (Wildman–Crippen LogP) is 5.08. The van der Waals surface area contributed by atoms with Gasteiger partial charge < -0.3 is 19.7 Å². The molecule has 0 unspecified atom stereocenters. The lowest BCUT2D eigenvalue weighted by Crippen LogP contribution is -2.38. The molecule has 1 aliphatic rings. The molecule has 0 atom stereocenters. The van der Waals surface area contributed by atoms with E-state index in [0.29, 0.717) is 32.9 Å². The Bertz CT molecular complexity index is 1170. The van der Waals surface area contributed by atoms with Crippen LogP contribution in [0.2, 0.25) is 10.0 Å². The second kappa shape index (κ2) is 9.46. The summed E-state index contributed by atoms with van der Waals surface area (Å²) in [6.45, 7) is -0.116. The molecule has 0 saturated carbocycles. The molecule has 6 nitrogen and oxygen atoms in total. The number of ether oxygens (including phenoxy) is 2. The fraction of sp³-hybridized carbons (Fsp3) is 0.130. The number of hydrogen-bond acceptors (Lipinski definition) is 4. The highest BCUT2D eigenvalue weighted by atomic mass is 35.5. The van der Waals surface area contributed by atoms with Crippen LogP contribution in [-0.2, 0) is 16.1 Å². The van der Waals surface area contributed by atoms with E-state index in [1.165, 1.54) is 18.2 Å². The lowest BCUT2D eigenvalue weighted by Gasteiger charge is -2.29. The van der Waals surface area contributed by atoms with Crippen molar-refractivity contribution in [1.29, 1.82) is 0 Å². The van der Waals surface area contributed by atoms with Crippen molar-refractivity contribution in [3.05, 3.63) is 82.1 Å². The first-order chi connectivity index (χ1) is 15.4. The summed E-state index contributed by atoms with van der Waals surface area (Å²) in [5, 5.41) is 3.49. The van der Waals surface area contributed by atoms with Crippen molar-refractivity contribution in [2.75, 3.05) is 23.4 Å². The SMILES string of the molecule is O=C(COc1ccc(Cl)cc1Cl)Nc1ccc2c(c1)OCC(=O)N2Cc1ccc(F)cc1. The molecule has 0 radical (unpaired) electrons. The van der Waals surface area contributed by atoms with Gasteiger partial charge in [0.15, 0.2) is 13.2 Å². The van der Waals surface area contributed by atoms with Crippen LogP contribution in [0, 0.1) is 5.82 Å². The van der Waals surface area contributed by atoms with Gasteiger partial charge >= 0.3 is 0 Å². The molecule has 2 amide bonds. The van der Waals surface area contributed by atoms with Crippen LogP contribution in [0.3, 0.4) is 0 Å². The van der Waals surface area contributed by atoms with Crippen LogP contribution < -0.4 is 19.7 Å². The Labute approximate surface area is 193 Å². The molecule has 3 aromatic carbocycles. The highest BCUT2D eigenvalue weighted by Gasteiger charge is 2.26. The van der Waals surface area contributed by atoms with Crippen molar-refractivity contribution < 1.29 is 23.5 Å². The average molecular weight is 475 g/mol. The molecule has 0 bridgehead atoms. The number of carbonyl (C=O) groups is 2. The number of rotatable bonds is 6. The molecule has 0 aliphatic carbocycles. The van der Waals surface area contributed by atoms with Gasteiger partial charge in [0.25, 0.3) is 11.8 Å². The fourth-order valence-corrected chi connectivity index (χ4v) is 3.62. The summed E-state index contributed by atoms with van der Waals surface area (Å²) >= 11 is 11.9. The lowest BCUT2D eigenvalue weighted by molar-refractivity contribution is -0.121. The van der Waals surface area contributed by atoms with Crippen molar-refractivity contribution >= 4 is 46.4 Å².